The van der Waals surface area contributed by atoms with Crippen molar-refractivity contribution < 1.29 is 23.1 Å². The summed E-state index contributed by atoms with van der Waals surface area (Å²) < 4.78 is 27.0. The Morgan fingerprint density at radius 3 is 2.29 bits per heavy atom. The minimum absolute atomic E-state index is 0.125. The summed E-state index contributed by atoms with van der Waals surface area (Å²) in [4.78, 5) is 13.7. The largest absolute Gasteiger partial charge is 0.445 e. The van der Waals surface area contributed by atoms with Gasteiger partial charge in [-0.2, -0.15) is 0 Å². The van der Waals surface area contributed by atoms with Crippen LogP contribution in [0.2, 0.25) is 0 Å². The van der Waals surface area contributed by atoms with E-state index in [1.54, 1.807) is 13.8 Å². The van der Waals surface area contributed by atoms with Crippen molar-refractivity contribution in [1.29, 1.82) is 0 Å². The van der Waals surface area contributed by atoms with Crippen molar-refractivity contribution >= 4 is 60.3 Å². The number of thioether (sulfide) groups is 1. The molecule has 0 heterocycles. The maximum atomic E-state index is 13.2. The third-order valence-corrected chi connectivity index (χ3v) is 6.68. The van der Waals surface area contributed by atoms with Crippen LogP contribution in [0.4, 0.5) is 4.79 Å². The quantitative estimate of drug-likeness (QED) is 0.221. The van der Waals surface area contributed by atoms with Crippen LogP contribution in [0.25, 0.3) is 0 Å². The number of rotatable bonds is 11. The molecule has 1 amide bonds. The van der Waals surface area contributed by atoms with Crippen molar-refractivity contribution in [2.75, 3.05) is 19.8 Å². The second kappa shape index (κ2) is 12.3. The number of ether oxygens (including phenoxy) is 1. The van der Waals surface area contributed by atoms with Gasteiger partial charge in [0.05, 0.1) is 13.2 Å². The lowest BCUT2D eigenvalue weighted by atomic mass is 10.4. The van der Waals surface area contributed by atoms with Crippen LogP contribution in [0, 0.1) is 0 Å². The number of alkyl halides is 3. The van der Waals surface area contributed by atoms with Crippen molar-refractivity contribution in [2.45, 2.75) is 34.7 Å². The van der Waals surface area contributed by atoms with Crippen LogP contribution in [0.15, 0.2) is 46.7 Å². The zero-order chi connectivity index (χ0) is 21.2. The second-order valence-electron chi connectivity index (χ2n) is 5.38. The van der Waals surface area contributed by atoms with Crippen molar-refractivity contribution in [3.05, 3.63) is 41.8 Å². The fraction of sp³-hybridized carbons (Fsp3) is 0.471. The summed E-state index contributed by atoms with van der Waals surface area (Å²) in [5, 5.41) is 2.49. The first-order valence-corrected chi connectivity index (χ1v) is 12.0. The zero-order valence-electron chi connectivity index (χ0n) is 15.5. The Balaban J connectivity index is 2.91. The van der Waals surface area contributed by atoms with E-state index >= 15 is 0 Å². The number of carbonyl (C=O) groups is 1. The molecule has 28 heavy (non-hydrogen) atoms. The molecule has 0 unspecified atom stereocenters. The molecule has 1 aromatic carbocycles. The number of hydrogen-bond donors (Lipinski definition) is 1. The van der Waals surface area contributed by atoms with Gasteiger partial charge < -0.3 is 19.1 Å². The molecular formula is C17H23Cl3NO5PS. The monoisotopic (exact) mass is 489 g/mol. The Morgan fingerprint density at radius 1 is 1.21 bits per heavy atom. The second-order valence-corrected chi connectivity index (χ2v) is 11.4. The molecule has 0 bridgehead atoms. The highest BCUT2D eigenvalue weighted by Gasteiger charge is 2.38. The summed E-state index contributed by atoms with van der Waals surface area (Å²) in [5.41, 5.74) is 0. The first-order valence-electron chi connectivity index (χ1n) is 8.39. The molecule has 0 aliphatic carbocycles. The number of alkyl carbamates (subject to hydrolysis) is 1. The van der Waals surface area contributed by atoms with E-state index in [9.17, 15) is 9.36 Å². The molecule has 11 heteroatoms. The van der Waals surface area contributed by atoms with E-state index in [0.717, 1.165) is 4.90 Å². The maximum absolute atomic E-state index is 13.2. The van der Waals surface area contributed by atoms with Crippen molar-refractivity contribution in [2.24, 2.45) is 0 Å². The number of carbonyl (C=O) groups excluding carboxylic acids is 1. The fourth-order valence-electron chi connectivity index (χ4n) is 2.06. The van der Waals surface area contributed by atoms with Crippen LogP contribution < -0.4 is 5.32 Å². The first kappa shape index (κ1) is 25.6. The number of benzene rings is 1. The third-order valence-electron chi connectivity index (χ3n) is 3.08. The minimum Gasteiger partial charge on any atom is -0.445 e. The van der Waals surface area contributed by atoms with Gasteiger partial charge in [0.1, 0.15) is 12.4 Å². The van der Waals surface area contributed by atoms with Crippen LogP contribution >= 0.6 is 54.2 Å². The predicted molar refractivity (Wildman–Crippen MR) is 115 cm³/mol. The minimum atomic E-state index is -3.69. The van der Waals surface area contributed by atoms with E-state index in [-0.39, 0.29) is 19.6 Å². The van der Waals surface area contributed by atoms with Crippen molar-refractivity contribution in [1.82, 2.24) is 5.32 Å². The Labute approximate surface area is 184 Å². The highest BCUT2D eigenvalue weighted by Crippen LogP contribution is 2.54. The summed E-state index contributed by atoms with van der Waals surface area (Å²) in [5.74, 6) is -1.01. The molecule has 0 aliphatic heterocycles. The van der Waals surface area contributed by atoms with Crippen LogP contribution in [0.1, 0.15) is 20.3 Å². The van der Waals surface area contributed by atoms with E-state index < -0.39 is 29.9 Å². The molecule has 0 fully saturated rings. The van der Waals surface area contributed by atoms with Crippen LogP contribution in [-0.4, -0.2) is 35.5 Å². The maximum Gasteiger partial charge on any atom is 0.408 e. The van der Waals surface area contributed by atoms with E-state index in [1.807, 2.05) is 30.3 Å². The van der Waals surface area contributed by atoms with Gasteiger partial charge in [0, 0.05) is 11.3 Å². The number of nitrogens with one attached hydrogen (secondary N) is 1. The number of halogens is 3. The molecule has 0 aliphatic rings. The molecular weight excluding hydrogens is 468 g/mol. The van der Waals surface area contributed by atoms with Crippen LogP contribution in [-0.2, 0) is 18.3 Å². The highest BCUT2D eigenvalue weighted by atomic mass is 35.6. The van der Waals surface area contributed by atoms with Gasteiger partial charge >= 0.3 is 13.7 Å². The van der Waals surface area contributed by atoms with E-state index in [2.05, 4.69) is 11.9 Å². The number of amides is 1. The Hall–Kier alpha value is -0.400. The van der Waals surface area contributed by atoms with E-state index in [4.69, 9.17) is 48.6 Å². The van der Waals surface area contributed by atoms with Crippen molar-refractivity contribution in [3.8, 4) is 0 Å². The van der Waals surface area contributed by atoms with Crippen LogP contribution in [0.3, 0.4) is 0 Å². The molecule has 158 valence electrons. The van der Waals surface area contributed by atoms with Crippen LogP contribution in [0.5, 0.6) is 0 Å². The number of hydrogen-bond acceptors (Lipinski definition) is 6. The highest BCUT2D eigenvalue weighted by molar-refractivity contribution is 8.03. The van der Waals surface area contributed by atoms with E-state index in [1.165, 1.54) is 11.8 Å². The average molecular weight is 491 g/mol. The lowest BCUT2D eigenvalue weighted by Gasteiger charge is -2.27. The average Bonchev–Trinajstić information content (AvgIpc) is 2.60. The Bertz CT molecular complexity index is 677. The van der Waals surface area contributed by atoms with Gasteiger partial charge in [-0.05, 0) is 30.9 Å². The summed E-state index contributed by atoms with van der Waals surface area (Å²) in [7, 11) is -3.69. The molecule has 0 saturated heterocycles. The van der Waals surface area contributed by atoms with Gasteiger partial charge in [-0.25, -0.2) is 4.79 Å². The lowest BCUT2D eigenvalue weighted by Crippen LogP contribution is -2.37. The van der Waals surface area contributed by atoms with Crippen molar-refractivity contribution in [3.63, 3.8) is 0 Å². The molecule has 0 radical (unpaired) electrons. The Kier molecular flexibility index (Phi) is 11.3. The fourth-order valence-corrected chi connectivity index (χ4v) is 5.08. The van der Waals surface area contributed by atoms with Gasteiger partial charge in [-0.15, -0.1) is 0 Å². The molecule has 1 N–H and O–H groups in total. The molecule has 0 spiro atoms. The smallest absolute Gasteiger partial charge is 0.408 e. The molecule has 1 atom stereocenters. The summed E-state index contributed by atoms with van der Waals surface area (Å²) >= 11 is 18.1. The van der Waals surface area contributed by atoms with Gasteiger partial charge in [0.2, 0.25) is 3.79 Å². The predicted octanol–water partition coefficient (Wildman–Crippen LogP) is 6.37. The van der Waals surface area contributed by atoms with Gasteiger partial charge in [0.25, 0.3) is 0 Å². The SMILES string of the molecule is C=C(C[C@H](NC(=O)OCC(Cl)(Cl)Cl)P(=O)(OCC)OCC)Sc1ccccc1. The molecule has 0 saturated carbocycles. The first-order chi connectivity index (χ1) is 13.1. The lowest BCUT2D eigenvalue weighted by molar-refractivity contribution is 0.142. The van der Waals surface area contributed by atoms with Gasteiger partial charge in [-0.3, -0.25) is 4.57 Å². The molecule has 0 aromatic heterocycles. The zero-order valence-corrected chi connectivity index (χ0v) is 19.5. The Morgan fingerprint density at radius 2 is 1.79 bits per heavy atom. The topological polar surface area (TPSA) is 73.9 Å². The third kappa shape index (κ3) is 9.88. The summed E-state index contributed by atoms with van der Waals surface area (Å²) in [6.07, 6.45) is -0.784. The normalized spacial score (nSPS) is 13.0. The molecule has 1 aromatic rings. The molecule has 1 rings (SSSR count). The summed E-state index contributed by atoms with van der Waals surface area (Å²) in [6, 6.07) is 9.52. The van der Waals surface area contributed by atoms with E-state index in [0.29, 0.717) is 4.91 Å². The van der Waals surface area contributed by atoms with Gasteiger partial charge in [0.15, 0.2) is 0 Å². The summed E-state index contributed by atoms with van der Waals surface area (Å²) in [6.45, 7) is 7.15. The van der Waals surface area contributed by atoms with Gasteiger partial charge in [-0.1, -0.05) is 71.3 Å². The molecule has 6 nitrogen and oxygen atoms in total. The standard InChI is InChI=1S/C17H23Cl3NO5PS/c1-4-25-27(23,26-5-2)15(21-16(22)24-12-17(18,19)20)11-13(3)28-14-9-7-6-8-10-14/h6-10,15H,3-5,11-12H2,1-2H3,(H,21,22)/t15-/m1/s1.